The number of hydrogen-bond donors (Lipinski definition) is 1. The molecule has 0 saturated carbocycles. The molecule has 148 valence electrons. The number of hydrogen-bond acceptors (Lipinski definition) is 6. The summed E-state index contributed by atoms with van der Waals surface area (Å²) in [5, 5.41) is 6.92. The van der Waals surface area contributed by atoms with E-state index in [9.17, 15) is 9.59 Å². The summed E-state index contributed by atoms with van der Waals surface area (Å²) in [6.07, 6.45) is 0.735. The van der Waals surface area contributed by atoms with Crippen LogP contribution in [0.25, 0.3) is 5.69 Å². The molecule has 0 unspecified atom stereocenters. The average molecular weight is 393 g/mol. The molecule has 0 saturated heterocycles. The first-order valence-electron chi connectivity index (χ1n) is 9.04. The van der Waals surface area contributed by atoms with Gasteiger partial charge in [0.15, 0.2) is 17.6 Å². The molecule has 8 heteroatoms. The van der Waals surface area contributed by atoms with Crippen molar-refractivity contribution in [1.82, 2.24) is 9.78 Å². The summed E-state index contributed by atoms with van der Waals surface area (Å²) in [4.78, 5) is 24.7. The Labute approximate surface area is 167 Å². The van der Waals surface area contributed by atoms with Crippen molar-refractivity contribution in [1.29, 1.82) is 0 Å². The molecule has 1 atom stereocenters. The van der Waals surface area contributed by atoms with Gasteiger partial charge in [-0.25, -0.2) is 9.48 Å². The Hall–Kier alpha value is -3.81. The summed E-state index contributed by atoms with van der Waals surface area (Å²) < 4.78 is 17.6. The number of aromatic nitrogens is 2. The number of esters is 1. The molecule has 2 heterocycles. The molecule has 0 spiro atoms. The second-order valence-corrected chi connectivity index (χ2v) is 6.54. The van der Waals surface area contributed by atoms with Gasteiger partial charge in [0.1, 0.15) is 0 Å². The minimum absolute atomic E-state index is 0.152. The Morgan fingerprint density at radius 3 is 2.59 bits per heavy atom. The third-order valence-corrected chi connectivity index (χ3v) is 4.47. The second-order valence-electron chi connectivity index (χ2n) is 6.54. The first kappa shape index (κ1) is 18.5. The van der Waals surface area contributed by atoms with Gasteiger partial charge in [0.25, 0.3) is 5.91 Å². The first-order chi connectivity index (χ1) is 14.0. The first-order valence-corrected chi connectivity index (χ1v) is 9.04. The van der Waals surface area contributed by atoms with Gasteiger partial charge in [-0.05, 0) is 56.3 Å². The number of nitrogens with one attached hydrogen (secondary N) is 1. The van der Waals surface area contributed by atoms with Crippen LogP contribution in [0.1, 0.15) is 23.0 Å². The monoisotopic (exact) mass is 393 g/mol. The van der Waals surface area contributed by atoms with E-state index in [-0.39, 0.29) is 6.79 Å². The molecule has 0 radical (unpaired) electrons. The van der Waals surface area contributed by atoms with Gasteiger partial charge in [-0.2, -0.15) is 5.10 Å². The van der Waals surface area contributed by atoms with E-state index in [0.717, 1.165) is 11.4 Å². The van der Waals surface area contributed by atoms with Gasteiger partial charge in [0, 0.05) is 23.6 Å². The van der Waals surface area contributed by atoms with E-state index < -0.39 is 18.0 Å². The third kappa shape index (κ3) is 3.91. The number of amides is 1. The highest BCUT2D eigenvalue weighted by Gasteiger charge is 2.20. The number of benzene rings is 2. The van der Waals surface area contributed by atoms with Crippen LogP contribution in [0.15, 0.2) is 54.7 Å². The highest BCUT2D eigenvalue weighted by molar-refractivity contribution is 5.97. The predicted molar refractivity (Wildman–Crippen MR) is 104 cm³/mol. The van der Waals surface area contributed by atoms with Gasteiger partial charge in [0.05, 0.1) is 11.3 Å². The Balaban J connectivity index is 1.37. The van der Waals surface area contributed by atoms with Crippen molar-refractivity contribution in [3.63, 3.8) is 0 Å². The van der Waals surface area contributed by atoms with Crippen molar-refractivity contribution in [2.24, 2.45) is 0 Å². The maximum absolute atomic E-state index is 12.4. The van der Waals surface area contributed by atoms with Crippen LogP contribution >= 0.6 is 0 Å². The van der Waals surface area contributed by atoms with Crippen LogP contribution < -0.4 is 14.8 Å². The fourth-order valence-corrected chi connectivity index (χ4v) is 2.88. The van der Waals surface area contributed by atoms with Crippen LogP contribution in [0.5, 0.6) is 11.5 Å². The summed E-state index contributed by atoms with van der Waals surface area (Å²) >= 11 is 0. The SMILES string of the molecule is Cc1ccnn1-c1ccc(C(=O)O[C@@H](C)C(=O)Nc2ccc3c(c2)OCO3)cc1. The van der Waals surface area contributed by atoms with Gasteiger partial charge < -0.3 is 19.5 Å². The molecule has 1 aliphatic heterocycles. The highest BCUT2D eigenvalue weighted by Crippen LogP contribution is 2.34. The molecule has 1 amide bonds. The predicted octanol–water partition coefficient (Wildman–Crippen LogP) is 3.09. The van der Waals surface area contributed by atoms with Crippen LogP contribution in [0.4, 0.5) is 5.69 Å². The molecule has 4 rings (SSSR count). The normalized spacial score (nSPS) is 13.0. The fraction of sp³-hybridized carbons (Fsp3) is 0.190. The largest absolute Gasteiger partial charge is 0.454 e. The van der Waals surface area contributed by atoms with E-state index in [1.807, 2.05) is 13.0 Å². The van der Waals surface area contributed by atoms with E-state index in [1.165, 1.54) is 6.92 Å². The maximum Gasteiger partial charge on any atom is 0.338 e. The van der Waals surface area contributed by atoms with Crippen molar-refractivity contribution >= 4 is 17.6 Å². The number of carbonyl (C=O) groups is 2. The number of nitrogens with zero attached hydrogens (tertiary/aromatic N) is 2. The van der Waals surface area contributed by atoms with Crippen molar-refractivity contribution in [2.75, 3.05) is 12.1 Å². The molecule has 1 aromatic heterocycles. The average Bonchev–Trinajstić information content (AvgIpc) is 3.36. The lowest BCUT2D eigenvalue weighted by atomic mass is 10.2. The van der Waals surface area contributed by atoms with E-state index in [2.05, 4.69) is 10.4 Å². The Morgan fingerprint density at radius 1 is 1.10 bits per heavy atom. The van der Waals surface area contributed by atoms with Crippen LogP contribution in [0, 0.1) is 6.92 Å². The van der Waals surface area contributed by atoms with Crippen LogP contribution in [0.2, 0.25) is 0 Å². The molecule has 2 aromatic carbocycles. The number of ether oxygens (including phenoxy) is 3. The number of anilines is 1. The van der Waals surface area contributed by atoms with E-state index >= 15 is 0 Å². The van der Waals surface area contributed by atoms with Gasteiger partial charge in [-0.3, -0.25) is 4.79 Å². The fourth-order valence-electron chi connectivity index (χ4n) is 2.88. The molecular weight excluding hydrogens is 374 g/mol. The van der Waals surface area contributed by atoms with Gasteiger partial charge >= 0.3 is 5.97 Å². The number of fused-ring (bicyclic) bond motifs is 1. The molecule has 1 aliphatic rings. The summed E-state index contributed by atoms with van der Waals surface area (Å²) in [6, 6.07) is 13.8. The molecule has 8 nitrogen and oxygen atoms in total. The van der Waals surface area contributed by atoms with Crippen LogP contribution in [0.3, 0.4) is 0 Å². The van der Waals surface area contributed by atoms with Crippen LogP contribution in [-0.4, -0.2) is 34.6 Å². The summed E-state index contributed by atoms with van der Waals surface area (Å²) in [5.74, 6) is 0.152. The zero-order valence-corrected chi connectivity index (χ0v) is 15.9. The smallest absolute Gasteiger partial charge is 0.338 e. The Morgan fingerprint density at radius 2 is 1.86 bits per heavy atom. The molecule has 0 bridgehead atoms. The second kappa shape index (κ2) is 7.67. The Kier molecular flexibility index (Phi) is 4.90. The van der Waals surface area contributed by atoms with Crippen molar-refractivity contribution in [3.8, 4) is 17.2 Å². The Bertz CT molecular complexity index is 1060. The lowest BCUT2D eigenvalue weighted by Crippen LogP contribution is -2.30. The standard InChI is InChI=1S/C21H19N3O5/c1-13-9-10-22-24(13)17-6-3-15(4-7-17)21(26)29-14(2)20(25)23-16-5-8-18-19(11-16)28-12-27-18/h3-11,14H,12H2,1-2H3,(H,23,25)/t14-/m0/s1. The molecule has 29 heavy (non-hydrogen) atoms. The lowest BCUT2D eigenvalue weighted by Gasteiger charge is -2.14. The number of carbonyl (C=O) groups excluding carboxylic acids is 2. The quantitative estimate of drug-likeness (QED) is 0.670. The van der Waals surface area contributed by atoms with Crippen molar-refractivity contribution in [2.45, 2.75) is 20.0 Å². The van der Waals surface area contributed by atoms with E-state index in [4.69, 9.17) is 14.2 Å². The summed E-state index contributed by atoms with van der Waals surface area (Å²) in [5.41, 5.74) is 2.69. The van der Waals surface area contributed by atoms with Crippen LogP contribution in [-0.2, 0) is 9.53 Å². The minimum atomic E-state index is -0.971. The summed E-state index contributed by atoms with van der Waals surface area (Å²) in [6.45, 7) is 3.61. The van der Waals surface area contributed by atoms with Gasteiger partial charge in [0.2, 0.25) is 6.79 Å². The van der Waals surface area contributed by atoms with E-state index in [0.29, 0.717) is 22.7 Å². The van der Waals surface area contributed by atoms with Gasteiger partial charge in [-0.1, -0.05) is 0 Å². The highest BCUT2D eigenvalue weighted by atomic mass is 16.7. The zero-order chi connectivity index (χ0) is 20.4. The topological polar surface area (TPSA) is 91.7 Å². The van der Waals surface area contributed by atoms with Crippen molar-refractivity contribution in [3.05, 3.63) is 66.0 Å². The number of aryl methyl sites for hydroxylation is 1. The summed E-state index contributed by atoms with van der Waals surface area (Å²) in [7, 11) is 0. The maximum atomic E-state index is 12.4. The minimum Gasteiger partial charge on any atom is -0.454 e. The molecular formula is C21H19N3O5. The molecule has 1 N–H and O–H groups in total. The van der Waals surface area contributed by atoms with Gasteiger partial charge in [-0.15, -0.1) is 0 Å². The van der Waals surface area contributed by atoms with Crippen molar-refractivity contribution < 1.29 is 23.8 Å². The number of rotatable bonds is 5. The third-order valence-electron chi connectivity index (χ3n) is 4.47. The molecule has 0 fully saturated rings. The molecule has 0 aliphatic carbocycles. The molecule has 3 aromatic rings. The zero-order valence-electron chi connectivity index (χ0n) is 15.9. The lowest BCUT2D eigenvalue weighted by molar-refractivity contribution is -0.123. The van der Waals surface area contributed by atoms with E-state index in [1.54, 1.807) is 53.3 Å².